The second-order valence-electron chi connectivity index (χ2n) is 8.14. The molecule has 22 heteroatoms. The van der Waals surface area contributed by atoms with Crippen LogP contribution >= 0.6 is 23.4 Å². The van der Waals surface area contributed by atoms with Crippen molar-refractivity contribution < 1.29 is 56.8 Å². The maximum atomic E-state index is 12.1. The third kappa shape index (κ3) is 11.0. The average molecular weight is 607 g/mol. The number of nitrogens with zero attached hydrogens (tertiary/aromatic N) is 4. The van der Waals surface area contributed by atoms with Crippen LogP contribution in [-0.2, 0) is 27.3 Å². The molecule has 38 heavy (non-hydrogen) atoms. The third-order valence-corrected chi connectivity index (χ3v) is 7.84. The second-order valence-corrected chi connectivity index (χ2v) is 12.4. The number of anilines is 1. The van der Waals surface area contributed by atoms with Crippen molar-refractivity contribution in [2.45, 2.75) is 57.1 Å². The van der Waals surface area contributed by atoms with Crippen LogP contribution in [0.4, 0.5) is 5.82 Å². The van der Waals surface area contributed by atoms with Crippen molar-refractivity contribution in [3.8, 4) is 0 Å². The molecule has 1 saturated heterocycles. The fourth-order valence-corrected chi connectivity index (χ4v) is 5.34. The molecule has 3 rings (SSSR count). The minimum absolute atomic E-state index is 0.0314. The lowest BCUT2D eigenvalue weighted by atomic mass is 10.1. The van der Waals surface area contributed by atoms with Crippen LogP contribution in [0.5, 0.6) is 0 Å². The quantitative estimate of drug-likeness (QED) is 0.137. The number of nitrogen functional groups attached to an aromatic ring is 1. The largest absolute Gasteiger partial charge is 0.478 e. The highest BCUT2D eigenvalue weighted by Crippen LogP contribution is 2.53. The smallest absolute Gasteiger partial charge is 0.390 e. The fraction of sp³-hybridized carbons (Fsp3) is 0.688. The number of aliphatic hydroxyl groups excluding tert-OH is 1. The van der Waals surface area contributed by atoms with Crippen molar-refractivity contribution in [3.05, 3.63) is 12.7 Å². The number of imidazole rings is 1. The lowest BCUT2D eigenvalue weighted by molar-refractivity contribution is -0.0400. The zero-order valence-electron chi connectivity index (χ0n) is 20.1. The van der Waals surface area contributed by atoms with E-state index in [2.05, 4.69) is 24.3 Å². The topological polar surface area (TPSA) is 308 Å². The summed E-state index contributed by atoms with van der Waals surface area (Å²) in [5, 5.41) is 12.8. The van der Waals surface area contributed by atoms with Gasteiger partial charge in [-0.2, -0.15) is 4.31 Å². The van der Waals surface area contributed by atoms with Gasteiger partial charge in [-0.3, -0.25) is 9.09 Å². The van der Waals surface area contributed by atoms with E-state index in [1.807, 2.05) is 6.92 Å². The number of nitrogens with two attached hydrogens (primary N) is 2. The first-order chi connectivity index (χ1) is 17.5. The zero-order chi connectivity index (χ0) is 28.7. The molecule has 3 heterocycles. The molecule has 0 saturated carbocycles. The lowest BCUT2D eigenvalue weighted by Crippen LogP contribution is -2.29. The van der Waals surface area contributed by atoms with Crippen molar-refractivity contribution in [2.75, 3.05) is 18.9 Å². The van der Waals surface area contributed by atoms with Gasteiger partial charge in [0.05, 0.1) is 19.0 Å². The van der Waals surface area contributed by atoms with Gasteiger partial charge in [-0.05, 0) is 12.8 Å². The zero-order valence-corrected chi connectivity index (χ0v) is 22.8. The summed E-state index contributed by atoms with van der Waals surface area (Å²) in [7, 11) is -14.1. The van der Waals surface area contributed by atoms with Crippen LogP contribution in [0.2, 0.25) is 0 Å². The van der Waals surface area contributed by atoms with Crippen LogP contribution in [-0.4, -0.2) is 80.5 Å². The molecule has 2 aromatic rings. The van der Waals surface area contributed by atoms with Gasteiger partial charge in [0.15, 0.2) is 11.5 Å². The molecule has 19 nitrogen and oxygen atoms in total. The van der Waals surface area contributed by atoms with Crippen LogP contribution in [0.3, 0.4) is 0 Å². The number of phosphoric acid groups is 2. The molecule has 0 bridgehead atoms. The van der Waals surface area contributed by atoms with Gasteiger partial charge in [-0.1, -0.05) is 13.3 Å². The fourth-order valence-electron chi connectivity index (χ4n) is 3.38. The normalized spacial score (nSPS) is 22.6. The number of rotatable bonds is 12. The van der Waals surface area contributed by atoms with Crippen LogP contribution in [0, 0.1) is 0 Å². The van der Waals surface area contributed by atoms with E-state index >= 15 is 0 Å². The van der Waals surface area contributed by atoms with Crippen molar-refractivity contribution in [1.29, 1.82) is 0 Å². The Labute approximate surface area is 216 Å². The summed E-state index contributed by atoms with van der Waals surface area (Å²) >= 11 is 0. The van der Waals surface area contributed by atoms with Crippen LogP contribution in [0.15, 0.2) is 12.7 Å². The molecule has 1 aliphatic rings. The Morgan fingerprint density at radius 3 is 2.39 bits per heavy atom. The minimum atomic E-state index is -5.05. The average Bonchev–Trinajstić information content (AvgIpc) is 3.34. The first-order valence-corrected chi connectivity index (χ1v) is 15.7. The summed E-state index contributed by atoms with van der Waals surface area (Å²) in [5.41, 5.74) is 12.6. The van der Waals surface area contributed by atoms with Crippen molar-refractivity contribution >= 4 is 40.4 Å². The molecule has 2 unspecified atom stereocenters. The van der Waals surface area contributed by atoms with E-state index in [1.54, 1.807) is 4.57 Å². The van der Waals surface area contributed by atoms with E-state index in [0.717, 1.165) is 12.8 Å². The lowest BCUT2D eigenvalue weighted by Gasteiger charge is -2.19. The Morgan fingerprint density at radius 1 is 1.16 bits per heavy atom. The summed E-state index contributed by atoms with van der Waals surface area (Å²) in [6.07, 6.45) is 3.23. The molecule has 0 aromatic carbocycles. The predicted octanol–water partition coefficient (Wildman–Crippen LogP) is -0.531. The van der Waals surface area contributed by atoms with E-state index in [9.17, 15) is 23.7 Å². The molecule has 0 amide bonds. The molecule has 2 aromatic heterocycles. The Bertz CT molecular complexity index is 1170. The number of hydrogen-bond acceptors (Lipinski definition) is 12. The highest BCUT2D eigenvalue weighted by atomic mass is 31.3. The van der Waals surface area contributed by atoms with E-state index in [4.69, 9.17) is 40.3 Å². The summed E-state index contributed by atoms with van der Waals surface area (Å²) in [5.74, 6) is 0.248. The van der Waals surface area contributed by atoms with E-state index < -0.39 is 41.8 Å². The Balaban J connectivity index is 0.000000484. The molecule has 11 N–H and O–H groups in total. The van der Waals surface area contributed by atoms with Gasteiger partial charge in [0.1, 0.15) is 24.2 Å². The van der Waals surface area contributed by atoms with Crippen molar-refractivity contribution in [1.82, 2.24) is 24.6 Å². The van der Waals surface area contributed by atoms with E-state index in [1.165, 1.54) is 12.7 Å². The minimum Gasteiger partial charge on any atom is -0.390 e. The maximum absolute atomic E-state index is 12.1. The van der Waals surface area contributed by atoms with E-state index in [0.29, 0.717) is 17.6 Å². The summed E-state index contributed by atoms with van der Waals surface area (Å²) in [6.45, 7) is 2.04. The molecule has 0 spiro atoms. The van der Waals surface area contributed by atoms with Gasteiger partial charge < -0.3 is 45.8 Å². The maximum Gasteiger partial charge on any atom is 0.478 e. The van der Waals surface area contributed by atoms with Crippen LogP contribution < -0.4 is 16.6 Å². The summed E-state index contributed by atoms with van der Waals surface area (Å²) in [6, 6.07) is -0.0314. The number of aromatic nitrogens is 4. The molecule has 5 atom stereocenters. The molecular formula is C16H32N7O12P3. The van der Waals surface area contributed by atoms with Gasteiger partial charge >= 0.3 is 23.4 Å². The second kappa shape index (κ2) is 13.8. The molecular weight excluding hydrogens is 575 g/mol. The molecule has 1 aliphatic heterocycles. The molecule has 0 aliphatic carbocycles. The highest BCUT2D eigenvalue weighted by molar-refractivity contribution is 7.60. The van der Waals surface area contributed by atoms with Gasteiger partial charge in [-0.15, -0.1) is 0 Å². The summed E-state index contributed by atoms with van der Waals surface area (Å²) in [4.78, 5) is 53.1. The molecule has 218 valence electrons. The third-order valence-electron chi connectivity index (χ3n) is 5.01. The first-order valence-electron chi connectivity index (χ1n) is 11.1. The van der Waals surface area contributed by atoms with Gasteiger partial charge in [0, 0.05) is 19.0 Å². The Kier molecular flexibility index (Phi) is 11.9. The highest BCUT2D eigenvalue weighted by Gasteiger charge is 2.37. The van der Waals surface area contributed by atoms with Crippen LogP contribution in [0.25, 0.3) is 11.2 Å². The van der Waals surface area contributed by atoms with E-state index in [-0.39, 0.29) is 31.4 Å². The molecule has 0 radical (unpaired) electrons. The van der Waals surface area contributed by atoms with Crippen LogP contribution in [0.1, 0.15) is 38.8 Å². The number of fused-ring (bicyclic) bond motifs is 1. The van der Waals surface area contributed by atoms with Gasteiger partial charge in [0.2, 0.25) is 0 Å². The standard InChI is InChI=1S/C16H28N7O5P.H4O7P2/c1-2-3-10(17)4-5-22-29(25,26)27-7-12-11(24)6-13(28-12)23-9-21-14-15(18)19-8-20-16(14)23;1-8(2,3)7-9(4,5)6/h8-13,24H,2-7,17H2,1H3,(H2,18,19,20)(H2,22,25,26);(H2,1,2,3)(H2,4,5,6)/t10?,11-,12+,13+;/m0./s1. The van der Waals surface area contributed by atoms with Crippen molar-refractivity contribution in [3.63, 3.8) is 0 Å². The number of aliphatic hydroxyl groups is 1. The number of ether oxygens (including phenoxy) is 1. The Hall–Kier alpha value is -1.40. The SMILES string of the molecule is CCCC(N)CCNP(=O)(O)OC[C@H]1O[C@@H](n2cnc3c(N)ncnc32)C[C@@H]1O.O=P(O)(O)OP(=O)(O)O. The Morgan fingerprint density at radius 2 is 1.82 bits per heavy atom. The number of nitrogens with one attached hydrogen (secondary N) is 1. The predicted molar refractivity (Wildman–Crippen MR) is 131 cm³/mol. The first kappa shape index (κ1) is 32.8. The van der Waals surface area contributed by atoms with Crippen molar-refractivity contribution in [2.24, 2.45) is 5.73 Å². The number of hydrogen-bond donors (Lipinski definition) is 9. The summed E-state index contributed by atoms with van der Waals surface area (Å²) < 4.78 is 46.9. The monoisotopic (exact) mass is 607 g/mol. The van der Waals surface area contributed by atoms with Gasteiger partial charge in [0.25, 0.3) is 0 Å². The van der Waals surface area contributed by atoms with Gasteiger partial charge in [-0.25, -0.2) is 33.7 Å². The molecule has 1 fully saturated rings.